The molecule has 4 nitrogen and oxygen atoms in total. The molecule has 1 aromatic rings. The highest BCUT2D eigenvalue weighted by Gasteiger charge is 1.97. The molecule has 0 aliphatic rings. The Morgan fingerprint density at radius 3 is 3.07 bits per heavy atom. The quantitative estimate of drug-likeness (QED) is 0.571. The van der Waals surface area contributed by atoms with Gasteiger partial charge < -0.3 is 5.11 Å². The molecule has 0 aromatic carbocycles. The molecule has 0 amide bonds. The Hall–Kier alpha value is -1.07. The van der Waals surface area contributed by atoms with Crippen LogP contribution in [0.5, 0.6) is 0 Å². The second-order valence-electron chi connectivity index (χ2n) is 2.84. The first-order valence-electron chi connectivity index (χ1n) is 4.21. The van der Waals surface area contributed by atoms with Crippen LogP contribution in [-0.4, -0.2) is 22.6 Å². The molecule has 5 heteroatoms. The number of carbonyl (C=O) groups is 1. The van der Waals surface area contributed by atoms with Crippen molar-refractivity contribution in [3.05, 3.63) is 24.0 Å². The first-order valence-corrected chi connectivity index (χ1v) is 5.03. The van der Waals surface area contributed by atoms with Gasteiger partial charge in [-0.1, -0.05) is 0 Å². The zero-order chi connectivity index (χ0) is 10.4. The van der Waals surface area contributed by atoms with Crippen LogP contribution in [-0.2, 0) is 4.79 Å². The van der Waals surface area contributed by atoms with E-state index in [-0.39, 0.29) is 6.42 Å². The van der Waals surface area contributed by atoms with Crippen molar-refractivity contribution < 1.29 is 9.90 Å². The first kappa shape index (κ1) is 11.0. The average Bonchev–Trinajstić information content (AvgIpc) is 2.12. The van der Waals surface area contributed by atoms with Crippen LogP contribution in [0.2, 0.25) is 0 Å². The molecule has 0 saturated carbocycles. The van der Waals surface area contributed by atoms with Gasteiger partial charge in [0.1, 0.15) is 0 Å². The highest BCUT2D eigenvalue weighted by molar-refractivity contribution is 7.97. The lowest BCUT2D eigenvalue weighted by molar-refractivity contribution is -0.136. The van der Waals surface area contributed by atoms with Crippen molar-refractivity contribution in [3.63, 3.8) is 0 Å². The van der Waals surface area contributed by atoms with Crippen molar-refractivity contribution in [1.29, 1.82) is 0 Å². The Morgan fingerprint density at radius 2 is 2.43 bits per heavy atom. The zero-order valence-electron chi connectivity index (χ0n) is 7.86. The van der Waals surface area contributed by atoms with E-state index in [1.54, 1.807) is 12.4 Å². The van der Waals surface area contributed by atoms with Gasteiger partial charge in [-0.05, 0) is 30.5 Å². The molecule has 0 atom stereocenters. The fourth-order valence-corrected chi connectivity index (χ4v) is 1.60. The topological polar surface area (TPSA) is 62.2 Å². The van der Waals surface area contributed by atoms with Gasteiger partial charge in [0.15, 0.2) is 0 Å². The molecule has 1 aromatic heterocycles. The Morgan fingerprint density at radius 1 is 1.64 bits per heavy atom. The van der Waals surface area contributed by atoms with Gasteiger partial charge in [-0.25, -0.2) is 0 Å². The number of hydrogen-bond acceptors (Lipinski definition) is 4. The van der Waals surface area contributed by atoms with Crippen molar-refractivity contribution in [2.75, 3.05) is 6.54 Å². The van der Waals surface area contributed by atoms with Crippen LogP contribution in [0.4, 0.5) is 0 Å². The van der Waals surface area contributed by atoms with Crippen molar-refractivity contribution >= 4 is 17.9 Å². The summed E-state index contributed by atoms with van der Waals surface area (Å²) in [6.07, 6.45) is 3.65. The van der Waals surface area contributed by atoms with E-state index in [4.69, 9.17) is 5.11 Å². The number of pyridine rings is 1. The Kier molecular flexibility index (Phi) is 4.42. The van der Waals surface area contributed by atoms with E-state index in [0.717, 1.165) is 10.5 Å². The van der Waals surface area contributed by atoms with Gasteiger partial charge in [0.25, 0.3) is 0 Å². The van der Waals surface area contributed by atoms with Gasteiger partial charge in [-0.2, -0.15) is 0 Å². The summed E-state index contributed by atoms with van der Waals surface area (Å²) in [5, 5.41) is 8.39. The van der Waals surface area contributed by atoms with E-state index in [9.17, 15) is 4.79 Å². The SMILES string of the molecule is Cc1cncc(SNCCC(=O)O)c1. The van der Waals surface area contributed by atoms with Crippen LogP contribution < -0.4 is 4.72 Å². The molecule has 0 spiro atoms. The van der Waals surface area contributed by atoms with E-state index in [1.807, 2.05) is 13.0 Å². The maximum Gasteiger partial charge on any atom is 0.304 e. The molecule has 76 valence electrons. The summed E-state index contributed by atoms with van der Waals surface area (Å²) in [6, 6.07) is 1.99. The predicted molar refractivity (Wildman–Crippen MR) is 55.1 cm³/mol. The van der Waals surface area contributed by atoms with E-state index in [0.29, 0.717) is 6.54 Å². The Labute approximate surface area is 86.9 Å². The normalized spacial score (nSPS) is 10.1. The number of aryl methyl sites for hydroxylation is 1. The number of aromatic nitrogens is 1. The minimum atomic E-state index is -0.791. The summed E-state index contributed by atoms with van der Waals surface area (Å²) < 4.78 is 2.96. The summed E-state index contributed by atoms with van der Waals surface area (Å²) in [7, 11) is 0. The van der Waals surface area contributed by atoms with Crippen LogP contribution >= 0.6 is 11.9 Å². The maximum atomic E-state index is 10.2. The van der Waals surface area contributed by atoms with E-state index in [1.165, 1.54) is 11.9 Å². The van der Waals surface area contributed by atoms with Gasteiger partial charge >= 0.3 is 5.97 Å². The molecule has 0 radical (unpaired) electrons. The van der Waals surface area contributed by atoms with Gasteiger partial charge in [0, 0.05) is 23.8 Å². The van der Waals surface area contributed by atoms with Gasteiger partial charge in [0.05, 0.1) is 6.42 Å². The molecule has 14 heavy (non-hydrogen) atoms. The molecule has 1 heterocycles. The third-order valence-corrected chi connectivity index (χ3v) is 2.29. The van der Waals surface area contributed by atoms with Crippen LogP contribution in [0.15, 0.2) is 23.4 Å². The fraction of sp³-hybridized carbons (Fsp3) is 0.333. The summed E-state index contributed by atoms with van der Waals surface area (Å²) in [6.45, 7) is 2.42. The third kappa shape index (κ3) is 4.25. The molecular formula is C9H12N2O2S. The molecule has 0 aliphatic carbocycles. The van der Waals surface area contributed by atoms with Gasteiger partial charge in [-0.3, -0.25) is 14.5 Å². The fourth-order valence-electron chi connectivity index (χ4n) is 0.875. The molecule has 0 saturated heterocycles. The number of hydrogen-bond donors (Lipinski definition) is 2. The predicted octanol–water partition coefficient (Wildman–Crippen LogP) is 1.46. The Balaban J connectivity index is 2.28. The standard InChI is InChI=1S/C9H12N2O2S/c1-7-4-8(6-10-5-7)14-11-3-2-9(12)13/h4-6,11H,2-3H2,1H3,(H,12,13). The number of carboxylic acids is 1. The summed E-state index contributed by atoms with van der Waals surface area (Å²) in [4.78, 5) is 15.2. The summed E-state index contributed by atoms with van der Waals surface area (Å²) in [5.74, 6) is -0.791. The lowest BCUT2D eigenvalue weighted by Gasteiger charge is -2.02. The molecular weight excluding hydrogens is 200 g/mol. The zero-order valence-corrected chi connectivity index (χ0v) is 8.67. The number of nitrogens with zero attached hydrogens (tertiary/aromatic N) is 1. The van der Waals surface area contributed by atoms with Crippen LogP contribution in [0.3, 0.4) is 0 Å². The number of rotatable bonds is 5. The molecule has 0 unspecified atom stereocenters. The third-order valence-electron chi connectivity index (χ3n) is 1.48. The van der Waals surface area contributed by atoms with Crippen molar-refractivity contribution in [2.45, 2.75) is 18.2 Å². The first-order chi connectivity index (χ1) is 6.68. The second kappa shape index (κ2) is 5.62. The van der Waals surface area contributed by atoms with Crippen LogP contribution in [0.1, 0.15) is 12.0 Å². The number of nitrogens with one attached hydrogen (secondary N) is 1. The lowest BCUT2D eigenvalue weighted by atomic mass is 10.3. The molecule has 0 aliphatic heterocycles. The van der Waals surface area contributed by atoms with E-state index >= 15 is 0 Å². The van der Waals surface area contributed by atoms with Crippen LogP contribution in [0, 0.1) is 6.92 Å². The van der Waals surface area contributed by atoms with Crippen molar-refractivity contribution in [1.82, 2.24) is 9.71 Å². The lowest BCUT2D eigenvalue weighted by Crippen LogP contribution is -2.10. The number of carboxylic acid groups (broad SMARTS) is 1. The summed E-state index contributed by atoms with van der Waals surface area (Å²) in [5.41, 5.74) is 1.09. The minimum Gasteiger partial charge on any atom is -0.481 e. The highest BCUT2D eigenvalue weighted by Crippen LogP contribution is 2.13. The van der Waals surface area contributed by atoms with Crippen molar-refractivity contribution in [2.24, 2.45) is 0 Å². The molecule has 1 rings (SSSR count). The van der Waals surface area contributed by atoms with Gasteiger partial charge in [-0.15, -0.1) is 0 Å². The monoisotopic (exact) mass is 212 g/mol. The highest BCUT2D eigenvalue weighted by atomic mass is 32.2. The summed E-state index contributed by atoms with van der Waals surface area (Å²) >= 11 is 1.40. The average molecular weight is 212 g/mol. The maximum absolute atomic E-state index is 10.2. The van der Waals surface area contributed by atoms with E-state index in [2.05, 4.69) is 9.71 Å². The van der Waals surface area contributed by atoms with E-state index < -0.39 is 5.97 Å². The Bertz CT molecular complexity index is 317. The molecule has 0 bridgehead atoms. The largest absolute Gasteiger partial charge is 0.481 e. The molecule has 0 fully saturated rings. The van der Waals surface area contributed by atoms with Gasteiger partial charge in [0.2, 0.25) is 0 Å². The second-order valence-corrected chi connectivity index (χ2v) is 3.80. The van der Waals surface area contributed by atoms with Crippen molar-refractivity contribution in [3.8, 4) is 0 Å². The smallest absolute Gasteiger partial charge is 0.304 e. The number of aliphatic carboxylic acids is 1. The minimum absolute atomic E-state index is 0.131. The molecule has 2 N–H and O–H groups in total. The van der Waals surface area contributed by atoms with Crippen LogP contribution in [0.25, 0.3) is 0 Å².